The zero-order valence-corrected chi connectivity index (χ0v) is 9.89. The molecule has 0 aromatic heterocycles. The van der Waals surface area contributed by atoms with E-state index in [1.165, 1.54) is 5.57 Å². The van der Waals surface area contributed by atoms with Crippen molar-refractivity contribution in [2.75, 3.05) is 0 Å². The van der Waals surface area contributed by atoms with Crippen molar-refractivity contribution < 1.29 is 9.53 Å². The molecule has 2 aliphatic rings. The smallest absolute Gasteiger partial charge is 0.185 e. The van der Waals surface area contributed by atoms with Gasteiger partial charge in [0.2, 0.25) is 0 Å². The van der Waals surface area contributed by atoms with Crippen LogP contribution in [0.25, 0.3) is 0 Å². The van der Waals surface area contributed by atoms with Crippen molar-refractivity contribution in [3.63, 3.8) is 0 Å². The summed E-state index contributed by atoms with van der Waals surface area (Å²) in [7, 11) is 0. The van der Waals surface area contributed by atoms with Crippen LogP contribution in [-0.2, 0) is 9.53 Å². The molecule has 0 bridgehead atoms. The summed E-state index contributed by atoms with van der Waals surface area (Å²) in [5, 5.41) is 0. The molecule has 0 atom stereocenters. The molecule has 1 heterocycles. The number of carbonyl (C=O) groups is 1. The average molecular weight is 204 g/mol. The van der Waals surface area contributed by atoms with E-state index >= 15 is 0 Å². The molecule has 80 valence electrons. The molecule has 0 saturated heterocycles. The van der Waals surface area contributed by atoms with Crippen molar-refractivity contribution in [3.8, 4) is 0 Å². The summed E-state index contributed by atoms with van der Waals surface area (Å²) >= 11 is 0. The zero-order chi connectivity index (χ0) is 11.4. The second-order valence-electron chi connectivity index (χ2n) is 4.74. The van der Waals surface area contributed by atoms with Crippen LogP contribution >= 0.6 is 0 Å². The van der Waals surface area contributed by atoms with E-state index in [0.29, 0.717) is 0 Å². The number of ketones is 1. The Morgan fingerprint density at radius 1 is 1.13 bits per heavy atom. The molecule has 0 spiro atoms. The summed E-state index contributed by atoms with van der Waals surface area (Å²) in [6.45, 7) is 9.99. The van der Waals surface area contributed by atoms with Crippen LogP contribution in [0.1, 0.15) is 34.6 Å². The van der Waals surface area contributed by atoms with E-state index in [-0.39, 0.29) is 11.4 Å². The highest BCUT2D eigenvalue weighted by molar-refractivity contribution is 6.07. The van der Waals surface area contributed by atoms with Crippen molar-refractivity contribution in [2.45, 2.75) is 40.2 Å². The first-order chi connectivity index (χ1) is 6.84. The molecule has 0 N–H and O–H groups in total. The summed E-state index contributed by atoms with van der Waals surface area (Å²) < 4.78 is 5.79. The minimum Gasteiger partial charge on any atom is -0.483 e. The van der Waals surface area contributed by atoms with Crippen molar-refractivity contribution in [1.82, 2.24) is 0 Å². The Morgan fingerprint density at radius 2 is 1.73 bits per heavy atom. The molecule has 2 heteroatoms. The van der Waals surface area contributed by atoms with Crippen LogP contribution in [0.4, 0.5) is 0 Å². The van der Waals surface area contributed by atoms with E-state index in [0.717, 1.165) is 22.5 Å². The van der Waals surface area contributed by atoms with Gasteiger partial charge in [-0.3, -0.25) is 4.79 Å². The van der Waals surface area contributed by atoms with Crippen LogP contribution in [0.5, 0.6) is 0 Å². The highest BCUT2D eigenvalue weighted by Gasteiger charge is 2.38. The van der Waals surface area contributed by atoms with Gasteiger partial charge in [-0.1, -0.05) is 0 Å². The number of carbonyl (C=O) groups excluding carboxylic acids is 1. The van der Waals surface area contributed by atoms with E-state index in [1.807, 2.05) is 27.7 Å². The summed E-state index contributed by atoms with van der Waals surface area (Å²) in [5.74, 6) is 0.808. The van der Waals surface area contributed by atoms with Gasteiger partial charge in [-0.25, -0.2) is 0 Å². The van der Waals surface area contributed by atoms with E-state index in [9.17, 15) is 4.79 Å². The van der Waals surface area contributed by atoms with E-state index < -0.39 is 0 Å². The fourth-order valence-electron chi connectivity index (χ4n) is 2.06. The van der Waals surface area contributed by atoms with Gasteiger partial charge >= 0.3 is 0 Å². The van der Waals surface area contributed by atoms with E-state index in [4.69, 9.17) is 4.74 Å². The Labute approximate surface area is 90.3 Å². The van der Waals surface area contributed by atoms with Gasteiger partial charge in [0.05, 0.1) is 0 Å². The second kappa shape index (κ2) is 2.84. The van der Waals surface area contributed by atoms with Crippen LogP contribution in [-0.4, -0.2) is 11.4 Å². The summed E-state index contributed by atoms with van der Waals surface area (Å²) in [6, 6.07) is 0. The van der Waals surface area contributed by atoms with Gasteiger partial charge in [0.15, 0.2) is 5.78 Å². The number of hydrogen-bond donors (Lipinski definition) is 0. The third kappa shape index (κ3) is 1.28. The lowest BCUT2D eigenvalue weighted by Gasteiger charge is -2.20. The number of allylic oxidation sites excluding steroid dienone is 3. The quantitative estimate of drug-likeness (QED) is 0.606. The largest absolute Gasteiger partial charge is 0.483 e. The highest BCUT2D eigenvalue weighted by Crippen LogP contribution is 2.43. The van der Waals surface area contributed by atoms with Gasteiger partial charge in [0.1, 0.15) is 11.4 Å². The van der Waals surface area contributed by atoms with Crippen LogP contribution in [0.3, 0.4) is 0 Å². The number of hydrogen-bond acceptors (Lipinski definition) is 2. The Hall–Kier alpha value is -1.31. The Bertz CT molecular complexity index is 445. The maximum absolute atomic E-state index is 11.6. The maximum Gasteiger partial charge on any atom is 0.185 e. The van der Waals surface area contributed by atoms with Crippen molar-refractivity contribution >= 4 is 5.78 Å². The summed E-state index contributed by atoms with van der Waals surface area (Å²) in [5.41, 5.74) is 3.93. The SMILES string of the molecule is CC1=C(C)C2=C(C)C(C)(C)OC2=CC1=O. The predicted molar refractivity (Wildman–Crippen MR) is 59.3 cm³/mol. The minimum atomic E-state index is -0.284. The molecule has 0 aromatic carbocycles. The first-order valence-electron chi connectivity index (χ1n) is 5.19. The fraction of sp³-hybridized carbons (Fsp3) is 0.462. The summed E-state index contributed by atoms with van der Waals surface area (Å²) in [6.07, 6.45) is 1.61. The van der Waals surface area contributed by atoms with Gasteiger partial charge in [-0.15, -0.1) is 0 Å². The lowest BCUT2D eigenvalue weighted by Crippen LogP contribution is -2.19. The zero-order valence-electron chi connectivity index (χ0n) is 9.89. The monoisotopic (exact) mass is 204 g/mol. The molecular formula is C13H16O2. The van der Waals surface area contributed by atoms with Crippen LogP contribution in [0, 0.1) is 0 Å². The first kappa shape index (κ1) is 10.2. The van der Waals surface area contributed by atoms with Gasteiger partial charge in [0, 0.05) is 17.2 Å². The predicted octanol–water partition coefficient (Wildman–Crippen LogP) is 2.91. The molecule has 0 aromatic rings. The molecule has 0 radical (unpaired) electrons. The van der Waals surface area contributed by atoms with Crippen molar-refractivity contribution in [3.05, 3.63) is 34.1 Å². The summed E-state index contributed by atoms with van der Waals surface area (Å²) in [4.78, 5) is 11.6. The number of ether oxygens (including phenoxy) is 1. The Kier molecular flexibility index (Phi) is 1.94. The topological polar surface area (TPSA) is 26.3 Å². The third-order valence-electron chi connectivity index (χ3n) is 3.46. The third-order valence-corrected chi connectivity index (χ3v) is 3.46. The minimum absolute atomic E-state index is 0.0664. The van der Waals surface area contributed by atoms with Crippen LogP contribution in [0.2, 0.25) is 0 Å². The molecule has 1 aliphatic carbocycles. The molecule has 0 saturated carbocycles. The van der Waals surface area contributed by atoms with E-state index in [2.05, 4.69) is 6.92 Å². The second-order valence-corrected chi connectivity index (χ2v) is 4.74. The van der Waals surface area contributed by atoms with Crippen LogP contribution in [0.15, 0.2) is 34.1 Å². The van der Waals surface area contributed by atoms with Crippen molar-refractivity contribution in [2.24, 2.45) is 0 Å². The van der Waals surface area contributed by atoms with Crippen LogP contribution < -0.4 is 0 Å². The van der Waals surface area contributed by atoms with Crippen molar-refractivity contribution in [1.29, 1.82) is 0 Å². The lowest BCUT2D eigenvalue weighted by atomic mass is 9.87. The average Bonchev–Trinajstić information content (AvgIpc) is 2.34. The molecule has 1 aliphatic heterocycles. The standard InChI is InChI=1S/C13H16O2/c1-7-8(2)12-9(3)13(4,5)15-11(12)6-10(7)14/h6H,1-5H3. The molecule has 0 amide bonds. The molecular weight excluding hydrogens is 188 g/mol. The number of rotatable bonds is 0. The molecule has 2 nitrogen and oxygen atoms in total. The van der Waals surface area contributed by atoms with Gasteiger partial charge in [-0.2, -0.15) is 0 Å². The van der Waals surface area contributed by atoms with Gasteiger partial charge in [-0.05, 0) is 45.8 Å². The Morgan fingerprint density at radius 3 is 2.33 bits per heavy atom. The Balaban J connectivity index is 2.66. The normalized spacial score (nSPS) is 24.1. The maximum atomic E-state index is 11.6. The van der Waals surface area contributed by atoms with Gasteiger partial charge < -0.3 is 4.74 Å². The molecule has 0 unspecified atom stereocenters. The molecule has 15 heavy (non-hydrogen) atoms. The first-order valence-corrected chi connectivity index (χ1v) is 5.19. The fourth-order valence-corrected chi connectivity index (χ4v) is 2.06. The highest BCUT2D eigenvalue weighted by atomic mass is 16.5. The lowest BCUT2D eigenvalue weighted by molar-refractivity contribution is -0.111. The number of fused-ring (bicyclic) bond motifs is 1. The van der Waals surface area contributed by atoms with Gasteiger partial charge in [0.25, 0.3) is 0 Å². The molecule has 0 fully saturated rings. The van der Waals surface area contributed by atoms with E-state index in [1.54, 1.807) is 6.08 Å². The molecule has 2 rings (SSSR count).